The Morgan fingerprint density at radius 1 is 0.444 bits per heavy atom. The predicted molar refractivity (Wildman–Crippen MR) is 154 cm³/mol. The zero-order chi connectivity index (χ0) is 25.0. The summed E-state index contributed by atoms with van der Waals surface area (Å²) in [4.78, 5) is 5.44. The minimum Gasteiger partial charge on any atom is -0.315 e. The van der Waals surface area contributed by atoms with Crippen molar-refractivity contribution in [3.63, 3.8) is 0 Å². The van der Waals surface area contributed by atoms with E-state index in [4.69, 9.17) is 0 Å². The molecule has 6 N–H and O–H groups in total. The van der Waals surface area contributed by atoms with Crippen molar-refractivity contribution in [1.82, 2.24) is 41.7 Å². The molecule has 208 valence electrons. The van der Waals surface area contributed by atoms with Crippen molar-refractivity contribution < 1.29 is 0 Å². The highest BCUT2D eigenvalue weighted by Crippen LogP contribution is 2.28. The standard InChI is InChI=1S/C28H56N8/c1-2-8-28(9-3-1,26-35-22-6-14-31-18-16-29-10-4-12-33-20-24-35)27-36-23-7-15-32-19-17-30-11-5-13-34-21-25-36/h2-3,8-9,29-34H,1,4-7,10-27H2. The van der Waals surface area contributed by atoms with Crippen LogP contribution >= 0.6 is 0 Å². The van der Waals surface area contributed by atoms with Gasteiger partial charge in [0.05, 0.1) is 0 Å². The maximum absolute atomic E-state index is 3.69. The van der Waals surface area contributed by atoms with E-state index in [-0.39, 0.29) is 5.41 Å². The summed E-state index contributed by atoms with van der Waals surface area (Å²) in [5.41, 5.74) is 0.101. The van der Waals surface area contributed by atoms with Crippen molar-refractivity contribution >= 4 is 0 Å². The largest absolute Gasteiger partial charge is 0.315 e. The molecule has 8 nitrogen and oxygen atoms in total. The average Bonchev–Trinajstić information content (AvgIpc) is 2.89. The Kier molecular flexibility index (Phi) is 15.9. The summed E-state index contributed by atoms with van der Waals surface area (Å²) in [6.45, 7) is 19.8. The van der Waals surface area contributed by atoms with Gasteiger partial charge in [-0.25, -0.2) is 0 Å². The van der Waals surface area contributed by atoms with Gasteiger partial charge in [0.15, 0.2) is 0 Å². The predicted octanol–water partition coefficient (Wildman–Crippen LogP) is 0.218. The van der Waals surface area contributed by atoms with Gasteiger partial charge in [0.25, 0.3) is 0 Å². The molecule has 2 heterocycles. The molecule has 2 aliphatic heterocycles. The number of allylic oxidation sites excluding steroid dienone is 2. The van der Waals surface area contributed by atoms with E-state index in [1.807, 2.05) is 0 Å². The van der Waals surface area contributed by atoms with E-state index in [9.17, 15) is 0 Å². The Morgan fingerprint density at radius 2 is 0.833 bits per heavy atom. The molecule has 3 rings (SSSR count). The van der Waals surface area contributed by atoms with Crippen molar-refractivity contribution in [2.24, 2.45) is 5.41 Å². The molecular weight excluding hydrogens is 448 g/mol. The van der Waals surface area contributed by atoms with Crippen LogP contribution in [0.2, 0.25) is 0 Å². The van der Waals surface area contributed by atoms with Gasteiger partial charge < -0.3 is 41.7 Å². The number of nitrogens with zero attached hydrogens (tertiary/aromatic N) is 2. The smallest absolute Gasteiger partial charge is 0.0316 e. The highest BCUT2D eigenvalue weighted by Gasteiger charge is 2.30. The summed E-state index contributed by atoms with van der Waals surface area (Å²) in [7, 11) is 0. The summed E-state index contributed by atoms with van der Waals surface area (Å²) in [6.07, 6.45) is 15.7. The van der Waals surface area contributed by atoms with E-state index in [1.54, 1.807) is 0 Å². The van der Waals surface area contributed by atoms with Crippen molar-refractivity contribution in [3.8, 4) is 0 Å². The Labute approximate surface area is 221 Å². The highest BCUT2D eigenvalue weighted by molar-refractivity contribution is 5.20. The summed E-state index contributed by atoms with van der Waals surface area (Å²) in [6, 6.07) is 0. The lowest BCUT2D eigenvalue weighted by Crippen LogP contribution is -2.48. The maximum Gasteiger partial charge on any atom is 0.0316 e. The minimum atomic E-state index is 0.101. The van der Waals surface area contributed by atoms with E-state index in [0.29, 0.717) is 0 Å². The van der Waals surface area contributed by atoms with Gasteiger partial charge in [0.1, 0.15) is 0 Å². The van der Waals surface area contributed by atoms with E-state index in [1.165, 1.54) is 25.7 Å². The molecule has 36 heavy (non-hydrogen) atoms. The zero-order valence-corrected chi connectivity index (χ0v) is 23.0. The van der Waals surface area contributed by atoms with Gasteiger partial charge >= 0.3 is 0 Å². The Balaban J connectivity index is 1.59. The minimum absolute atomic E-state index is 0.101. The first kappa shape index (κ1) is 29.7. The van der Waals surface area contributed by atoms with Crippen molar-refractivity contribution in [3.05, 3.63) is 24.3 Å². The van der Waals surface area contributed by atoms with Crippen LogP contribution in [-0.2, 0) is 0 Å². The molecule has 2 saturated heterocycles. The molecule has 8 heteroatoms. The average molecular weight is 505 g/mol. The van der Waals surface area contributed by atoms with E-state index in [0.717, 1.165) is 124 Å². The highest BCUT2D eigenvalue weighted by atomic mass is 15.2. The molecule has 0 radical (unpaired) electrons. The van der Waals surface area contributed by atoms with Gasteiger partial charge in [0, 0.05) is 70.9 Å². The monoisotopic (exact) mass is 504 g/mol. The first-order valence-corrected chi connectivity index (χ1v) is 14.9. The molecule has 0 aromatic rings. The topological polar surface area (TPSA) is 78.7 Å². The molecule has 0 aromatic carbocycles. The second-order valence-corrected chi connectivity index (χ2v) is 10.7. The summed E-state index contributed by atoms with van der Waals surface area (Å²) < 4.78 is 0. The molecule has 0 atom stereocenters. The van der Waals surface area contributed by atoms with Crippen molar-refractivity contribution in [2.75, 3.05) is 118 Å². The molecule has 2 fully saturated rings. The van der Waals surface area contributed by atoms with Gasteiger partial charge in [-0.2, -0.15) is 0 Å². The lowest BCUT2D eigenvalue weighted by molar-refractivity contribution is 0.154. The zero-order valence-electron chi connectivity index (χ0n) is 23.0. The fourth-order valence-corrected chi connectivity index (χ4v) is 5.48. The summed E-state index contributed by atoms with van der Waals surface area (Å²) in [5, 5.41) is 21.7. The van der Waals surface area contributed by atoms with Crippen LogP contribution < -0.4 is 31.9 Å². The Hall–Kier alpha value is -0.840. The number of hydrogen-bond acceptors (Lipinski definition) is 8. The third kappa shape index (κ3) is 13.1. The first-order chi connectivity index (χ1) is 17.9. The molecule has 1 aliphatic carbocycles. The fourth-order valence-electron chi connectivity index (χ4n) is 5.48. The van der Waals surface area contributed by atoms with Crippen LogP contribution in [0.4, 0.5) is 0 Å². The van der Waals surface area contributed by atoms with Crippen molar-refractivity contribution in [2.45, 2.75) is 32.1 Å². The summed E-state index contributed by atoms with van der Waals surface area (Å²) in [5.74, 6) is 0. The van der Waals surface area contributed by atoms with Crippen LogP contribution in [0.1, 0.15) is 32.1 Å². The SMILES string of the molecule is C1=CC(CN2CCCNCCNCCCNCC2)(CN2CCCNCCNCCCNCC2)C=CC1. The van der Waals surface area contributed by atoms with E-state index >= 15 is 0 Å². The lowest BCUT2D eigenvalue weighted by atomic mass is 9.82. The van der Waals surface area contributed by atoms with Crippen LogP contribution in [-0.4, -0.2) is 128 Å². The van der Waals surface area contributed by atoms with Crippen LogP contribution in [0.3, 0.4) is 0 Å². The van der Waals surface area contributed by atoms with Crippen LogP contribution in [0.5, 0.6) is 0 Å². The van der Waals surface area contributed by atoms with Crippen LogP contribution in [0.15, 0.2) is 24.3 Å². The van der Waals surface area contributed by atoms with Gasteiger partial charge in [-0.15, -0.1) is 0 Å². The van der Waals surface area contributed by atoms with Gasteiger partial charge in [-0.1, -0.05) is 24.3 Å². The van der Waals surface area contributed by atoms with Crippen LogP contribution in [0, 0.1) is 5.41 Å². The Morgan fingerprint density at radius 3 is 1.28 bits per heavy atom. The molecule has 0 amide bonds. The van der Waals surface area contributed by atoms with E-state index < -0.39 is 0 Å². The molecular formula is C28H56N8. The normalized spacial score (nSPS) is 26.1. The van der Waals surface area contributed by atoms with Gasteiger partial charge in [0.2, 0.25) is 0 Å². The number of hydrogen-bond donors (Lipinski definition) is 6. The van der Waals surface area contributed by atoms with E-state index in [2.05, 4.69) is 66.0 Å². The molecule has 0 saturated carbocycles. The first-order valence-electron chi connectivity index (χ1n) is 14.9. The van der Waals surface area contributed by atoms with Crippen LogP contribution in [0.25, 0.3) is 0 Å². The quantitative estimate of drug-likeness (QED) is 0.304. The van der Waals surface area contributed by atoms with Crippen molar-refractivity contribution in [1.29, 1.82) is 0 Å². The second kappa shape index (κ2) is 19.3. The van der Waals surface area contributed by atoms with Gasteiger partial charge in [-0.05, 0) is 84.5 Å². The molecule has 0 unspecified atom stereocenters. The molecule has 0 spiro atoms. The number of rotatable bonds is 4. The third-order valence-electron chi connectivity index (χ3n) is 7.44. The second-order valence-electron chi connectivity index (χ2n) is 10.7. The maximum atomic E-state index is 3.69. The number of nitrogens with one attached hydrogen (secondary N) is 6. The molecule has 0 aromatic heterocycles. The lowest BCUT2D eigenvalue weighted by Gasteiger charge is -2.39. The molecule has 3 aliphatic rings. The van der Waals surface area contributed by atoms with Gasteiger partial charge in [-0.3, -0.25) is 0 Å². The molecule has 0 bridgehead atoms. The Bertz CT molecular complexity index is 518. The third-order valence-corrected chi connectivity index (χ3v) is 7.44. The fraction of sp³-hybridized carbons (Fsp3) is 0.857. The summed E-state index contributed by atoms with van der Waals surface area (Å²) >= 11 is 0.